The fourth-order valence-electron chi connectivity index (χ4n) is 3.01. The Kier molecular flexibility index (Phi) is 10.7. The van der Waals surface area contributed by atoms with Gasteiger partial charge in [0, 0.05) is 30.9 Å². The Balaban J connectivity index is 2.14. The minimum absolute atomic E-state index is 0.00371. The molecule has 2 rings (SSSR count). The molecule has 7 heteroatoms. The Morgan fingerprint density at radius 3 is 2.60 bits per heavy atom. The Morgan fingerprint density at radius 2 is 1.90 bits per heavy atom. The van der Waals surface area contributed by atoms with E-state index in [2.05, 4.69) is 53.3 Å². The number of benzene rings is 1. The number of anilines is 2. The number of aryl methyl sites for hydroxylation is 1. The lowest BCUT2D eigenvalue weighted by Gasteiger charge is -2.24. The minimum atomic E-state index is 0.00371. The highest BCUT2D eigenvalue weighted by atomic mass is 16.5. The quantitative estimate of drug-likeness (QED) is 0.278. The Labute approximate surface area is 179 Å². The molecule has 2 N–H and O–H groups in total. The maximum atomic E-state index is 8.79. The Bertz CT molecular complexity index is 777. The summed E-state index contributed by atoms with van der Waals surface area (Å²) in [6, 6.07) is 12.1. The van der Waals surface area contributed by atoms with Crippen LogP contribution >= 0.6 is 0 Å². The van der Waals surface area contributed by atoms with Crippen molar-refractivity contribution in [1.82, 2.24) is 4.98 Å². The molecule has 0 atom stereocenters. The first-order chi connectivity index (χ1) is 14.7. The lowest BCUT2D eigenvalue weighted by atomic mass is 10.2. The van der Waals surface area contributed by atoms with E-state index in [1.165, 1.54) is 5.56 Å². The second-order valence-electron chi connectivity index (χ2n) is 7.00. The van der Waals surface area contributed by atoms with Gasteiger partial charge in [-0.05, 0) is 25.3 Å². The molecule has 1 heterocycles. The van der Waals surface area contributed by atoms with Gasteiger partial charge in [0.05, 0.1) is 26.0 Å². The fraction of sp³-hybridized carbons (Fsp3) is 0.478. The monoisotopic (exact) mass is 414 g/mol. The van der Waals surface area contributed by atoms with Gasteiger partial charge in [0.1, 0.15) is 6.61 Å². The van der Waals surface area contributed by atoms with E-state index in [0.717, 1.165) is 37.2 Å². The number of aliphatic hydroxyl groups is 1. The molecule has 164 valence electrons. The van der Waals surface area contributed by atoms with Crippen LogP contribution in [-0.4, -0.2) is 55.8 Å². The average Bonchev–Trinajstić information content (AvgIpc) is 2.73. The van der Waals surface area contributed by atoms with Gasteiger partial charge in [0.25, 0.3) is 0 Å². The topological polar surface area (TPSA) is 79.2 Å². The van der Waals surface area contributed by atoms with Gasteiger partial charge in [-0.25, -0.2) is 0 Å². The van der Waals surface area contributed by atoms with Crippen LogP contribution in [0.15, 0.2) is 41.5 Å². The molecule has 2 aromatic rings. The van der Waals surface area contributed by atoms with Crippen molar-refractivity contribution in [3.8, 4) is 5.88 Å². The van der Waals surface area contributed by atoms with E-state index >= 15 is 0 Å². The molecule has 1 aromatic carbocycles. The van der Waals surface area contributed by atoms with Crippen LogP contribution in [0.1, 0.15) is 37.8 Å². The van der Waals surface area contributed by atoms with Crippen molar-refractivity contribution in [3.63, 3.8) is 0 Å². The number of aromatic nitrogens is 1. The zero-order valence-electron chi connectivity index (χ0n) is 18.3. The first kappa shape index (κ1) is 23.6. The lowest BCUT2D eigenvalue weighted by molar-refractivity contribution is 0.0695. The van der Waals surface area contributed by atoms with Crippen LogP contribution in [0.4, 0.5) is 11.5 Å². The van der Waals surface area contributed by atoms with Gasteiger partial charge in [-0.2, -0.15) is 10.1 Å². The van der Waals surface area contributed by atoms with E-state index in [0.29, 0.717) is 31.5 Å². The number of nitrogens with zero attached hydrogens (tertiary/aromatic N) is 3. The first-order valence-corrected chi connectivity index (χ1v) is 10.6. The third kappa shape index (κ3) is 8.39. The molecule has 0 radical (unpaired) electrons. The molecule has 0 spiro atoms. The number of aliphatic hydroxyl groups excluding tert-OH is 1. The van der Waals surface area contributed by atoms with Crippen molar-refractivity contribution >= 4 is 17.7 Å². The molecule has 0 fully saturated rings. The van der Waals surface area contributed by atoms with Crippen molar-refractivity contribution in [2.75, 3.05) is 49.8 Å². The predicted octanol–water partition coefficient (Wildman–Crippen LogP) is 3.85. The summed E-state index contributed by atoms with van der Waals surface area (Å²) >= 11 is 0. The van der Waals surface area contributed by atoms with E-state index < -0.39 is 0 Å². The van der Waals surface area contributed by atoms with Crippen LogP contribution in [-0.2, 0) is 4.74 Å². The van der Waals surface area contributed by atoms with Crippen LogP contribution in [0.25, 0.3) is 0 Å². The van der Waals surface area contributed by atoms with Crippen molar-refractivity contribution < 1.29 is 14.6 Å². The Hall–Kier alpha value is -2.64. The number of hydrazone groups is 1. The maximum Gasteiger partial charge on any atom is 0.217 e. The second kappa shape index (κ2) is 13.6. The number of pyridine rings is 1. The number of ether oxygens (including phenoxy) is 2. The van der Waals surface area contributed by atoms with Crippen molar-refractivity contribution in [2.45, 2.75) is 33.6 Å². The molecule has 0 aliphatic rings. The molecule has 0 aliphatic carbocycles. The van der Waals surface area contributed by atoms with Crippen molar-refractivity contribution in [2.24, 2.45) is 5.10 Å². The van der Waals surface area contributed by atoms with E-state index in [4.69, 9.17) is 14.6 Å². The highest BCUT2D eigenvalue weighted by molar-refractivity contribution is 5.80. The van der Waals surface area contributed by atoms with Crippen molar-refractivity contribution in [1.29, 1.82) is 0 Å². The molecular formula is C23H34N4O3. The predicted molar refractivity (Wildman–Crippen MR) is 123 cm³/mol. The first-order valence-electron chi connectivity index (χ1n) is 10.6. The lowest BCUT2D eigenvalue weighted by Crippen LogP contribution is -2.25. The molecule has 0 saturated carbocycles. The standard InChI is InChI=1S/C23H34N4O3/c1-4-9-27(10-5-2)21-16-22(25-23(17-21)30-14-13-29-12-11-28)26-24-18-20-8-6-7-19(3)15-20/h6-8,15-18,28H,4-5,9-14H2,1-3H3,(H,25,26)/b24-18+. The van der Waals surface area contributed by atoms with Gasteiger partial charge in [-0.3, -0.25) is 5.43 Å². The summed E-state index contributed by atoms with van der Waals surface area (Å²) in [6.07, 6.45) is 3.89. The summed E-state index contributed by atoms with van der Waals surface area (Å²) in [5.41, 5.74) is 6.29. The molecule has 0 saturated heterocycles. The third-order valence-corrected chi connectivity index (χ3v) is 4.29. The third-order valence-electron chi connectivity index (χ3n) is 4.29. The summed E-state index contributed by atoms with van der Waals surface area (Å²) in [5, 5.41) is 13.1. The number of hydrogen-bond acceptors (Lipinski definition) is 7. The highest BCUT2D eigenvalue weighted by Crippen LogP contribution is 2.24. The second-order valence-corrected chi connectivity index (χ2v) is 7.00. The molecule has 0 unspecified atom stereocenters. The summed E-state index contributed by atoms with van der Waals surface area (Å²) in [4.78, 5) is 6.85. The maximum absolute atomic E-state index is 8.79. The normalized spacial score (nSPS) is 11.1. The number of nitrogens with one attached hydrogen (secondary N) is 1. The van der Waals surface area contributed by atoms with Gasteiger partial charge in [0.2, 0.25) is 5.88 Å². The summed E-state index contributed by atoms with van der Waals surface area (Å²) in [7, 11) is 0. The molecule has 0 aliphatic heterocycles. The van der Waals surface area contributed by atoms with Gasteiger partial charge < -0.3 is 19.5 Å². The van der Waals surface area contributed by atoms with Gasteiger partial charge >= 0.3 is 0 Å². The van der Waals surface area contributed by atoms with E-state index in [1.54, 1.807) is 6.21 Å². The SMILES string of the molecule is CCCN(CCC)c1cc(N/N=C/c2cccc(C)c2)nc(OCCOCCO)c1. The van der Waals surface area contributed by atoms with E-state index in [-0.39, 0.29) is 6.61 Å². The molecule has 7 nitrogen and oxygen atoms in total. The molecule has 30 heavy (non-hydrogen) atoms. The summed E-state index contributed by atoms with van der Waals surface area (Å²) in [6.45, 7) is 9.39. The molecular weight excluding hydrogens is 380 g/mol. The molecule has 0 bridgehead atoms. The zero-order chi connectivity index (χ0) is 21.6. The zero-order valence-corrected chi connectivity index (χ0v) is 18.3. The van der Waals surface area contributed by atoms with E-state index in [9.17, 15) is 0 Å². The number of rotatable bonds is 14. The molecule has 1 aromatic heterocycles. The average molecular weight is 415 g/mol. The van der Waals surface area contributed by atoms with Crippen LogP contribution in [0.2, 0.25) is 0 Å². The highest BCUT2D eigenvalue weighted by Gasteiger charge is 2.10. The fourth-order valence-corrected chi connectivity index (χ4v) is 3.01. The summed E-state index contributed by atoms with van der Waals surface area (Å²) < 4.78 is 11.0. The van der Waals surface area contributed by atoms with Crippen molar-refractivity contribution in [3.05, 3.63) is 47.5 Å². The van der Waals surface area contributed by atoms with Gasteiger partial charge in [0.15, 0.2) is 5.82 Å². The van der Waals surface area contributed by atoms with Crippen LogP contribution in [0, 0.1) is 6.92 Å². The number of hydrogen-bond donors (Lipinski definition) is 2. The van der Waals surface area contributed by atoms with Crippen LogP contribution in [0.5, 0.6) is 5.88 Å². The van der Waals surface area contributed by atoms with Gasteiger partial charge in [-0.15, -0.1) is 0 Å². The van der Waals surface area contributed by atoms with Gasteiger partial charge in [-0.1, -0.05) is 43.7 Å². The minimum Gasteiger partial charge on any atom is -0.475 e. The smallest absolute Gasteiger partial charge is 0.217 e. The van der Waals surface area contributed by atoms with Crippen LogP contribution in [0.3, 0.4) is 0 Å². The molecule has 0 amide bonds. The van der Waals surface area contributed by atoms with E-state index in [1.807, 2.05) is 24.3 Å². The summed E-state index contributed by atoms with van der Waals surface area (Å²) in [5.74, 6) is 1.14. The Morgan fingerprint density at radius 1 is 1.10 bits per heavy atom. The van der Waals surface area contributed by atoms with Crippen LogP contribution < -0.4 is 15.1 Å². The largest absolute Gasteiger partial charge is 0.475 e.